The van der Waals surface area contributed by atoms with E-state index in [1.807, 2.05) is 12.1 Å². The third kappa shape index (κ3) is 3.43. The van der Waals surface area contributed by atoms with Crippen LogP contribution in [0, 0.1) is 0 Å². The van der Waals surface area contributed by atoms with Crippen molar-refractivity contribution in [1.82, 2.24) is 14.9 Å². The highest BCUT2D eigenvalue weighted by Crippen LogP contribution is 2.16. The van der Waals surface area contributed by atoms with E-state index < -0.39 is 0 Å². The Kier molecular flexibility index (Phi) is 4.34. The fraction of sp³-hybridized carbons (Fsp3) is 0.294. The first kappa shape index (κ1) is 14.5. The second-order valence-electron chi connectivity index (χ2n) is 5.49. The summed E-state index contributed by atoms with van der Waals surface area (Å²) in [4.78, 5) is 13.0. The number of nitrogens with two attached hydrogens (primary N) is 1. The zero-order chi connectivity index (χ0) is 15.4. The SMILES string of the molecule is C=Cc1cccc(CN2CCN(c3ccnc(N)n3)CC2)c1. The molecule has 0 unspecified atom stereocenters. The van der Waals surface area contributed by atoms with Crippen LogP contribution in [0.5, 0.6) is 0 Å². The minimum absolute atomic E-state index is 0.334. The van der Waals surface area contributed by atoms with Gasteiger partial charge in [0, 0.05) is 38.9 Å². The lowest BCUT2D eigenvalue weighted by Gasteiger charge is -2.35. The molecule has 1 aromatic heterocycles. The molecule has 1 aromatic carbocycles. The molecule has 1 aliphatic heterocycles. The molecule has 0 radical (unpaired) electrons. The molecule has 0 aliphatic carbocycles. The van der Waals surface area contributed by atoms with Crippen LogP contribution >= 0.6 is 0 Å². The summed E-state index contributed by atoms with van der Waals surface area (Å²) in [5.41, 5.74) is 8.16. The Morgan fingerprint density at radius 1 is 1.18 bits per heavy atom. The third-order valence-corrected chi connectivity index (χ3v) is 3.95. The zero-order valence-electron chi connectivity index (χ0n) is 12.7. The van der Waals surface area contributed by atoms with E-state index in [2.05, 4.69) is 50.6 Å². The summed E-state index contributed by atoms with van der Waals surface area (Å²) in [7, 11) is 0. The zero-order valence-corrected chi connectivity index (χ0v) is 12.7. The van der Waals surface area contributed by atoms with Crippen LogP contribution in [-0.2, 0) is 6.54 Å². The van der Waals surface area contributed by atoms with Gasteiger partial charge in [-0.3, -0.25) is 4.90 Å². The molecule has 1 saturated heterocycles. The number of hydrogen-bond donors (Lipinski definition) is 1. The van der Waals surface area contributed by atoms with E-state index in [4.69, 9.17) is 5.73 Å². The van der Waals surface area contributed by atoms with E-state index in [-0.39, 0.29) is 0 Å². The van der Waals surface area contributed by atoms with Crippen LogP contribution < -0.4 is 10.6 Å². The van der Waals surface area contributed by atoms with Crippen LogP contribution in [-0.4, -0.2) is 41.0 Å². The first-order valence-electron chi connectivity index (χ1n) is 7.52. The molecule has 0 amide bonds. The van der Waals surface area contributed by atoms with Gasteiger partial charge in [-0.2, -0.15) is 4.98 Å². The maximum atomic E-state index is 5.65. The Labute approximate surface area is 131 Å². The molecule has 0 spiro atoms. The Bertz CT molecular complexity index is 647. The first-order valence-corrected chi connectivity index (χ1v) is 7.52. The fourth-order valence-corrected chi connectivity index (χ4v) is 2.75. The quantitative estimate of drug-likeness (QED) is 0.935. The molecule has 0 saturated carbocycles. The summed E-state index contributed by atoms with van der Waals surface area (Å²) in [5, 5.41) is 0. The molecule has 5 nitrogen and oxygen atoms in total. The lowest BCUT2D eigenvalue weighted by molar-refractivity contribution is 0.249. The van der Waals surface area contributed by atoms with Crippen molar-refractivity contribution >= 4 is 17.8 Å². The molecule has 114 valence electrons. The van der Waals surface area contributed by atoms with Crippen molar-refractivity contribution in [2.24, 2.45) is 0 Å². The van der Waals surface area contributed by atoms with Crippen LogP contribution in [0.15, 0.2) is 43.1 Å². The summed E-state index contributed by atoms with van der Waals surface area (Å²) in [5.74, 6) is 1.25. The van der Waals surface area contributed by atoms with Gasteiger partial charge in [-0.25, -0.2) is 4.98 Å². The van der Waals surface area contributed by atoms with Gasteiger partial charge < -0.3 is 10.6 Å². The first-order chi connectivity index (χ1) is 10.7. The van der Waals surface area contributed by atoms with Crippen LogP contribution in [0.3, 0.4) is 0 Å². The van der Waals surface area contributed by atoms with E-state index in [1.165, 1.54) is 11.1 Å². The Hall–Kier alpha value is -2.40. The maximum absolute atomic E-state index is 5.65. The van der Waals surface area contributed by atoms with Crippen molar-refractivity contribution in [2.75, 3.05) is 36.8 Å². The van der Waals surface area contributed by atoms with Gasteiger partial charge in [-0.1, -0.05) is 36.9 Å². The van der Waals surface area contributed by atoms with E-state index in [9.17, 15) is 0 Å². The fourth-order valence-electron chi connectivity index (χ4n) is 2.75. The predicted octanol–water partition coefficient (Wildman–Crippen LogP) is 2.02. The van der Waals surface area contributed by atoms with Crippen molar-refractivity contribution in [3.05, 3.63) is 54.2 Å². The number of nitrogens with zero attached hydrogens (tertiary/aromatic N) is 4. The number of aromatic nitrogens is 2. The van der Waals surface area contributed by atoms with Crippen LogP contribution in [0.1, 0.15) is 11.1 Å². The molecule has 2 aromatic rings. The topological polar surface area (TPSA) is 58.3 Å². The summed E-state index contributed by atoms with van der Waals surface area (Å²) in [6.07, 6.45) is 3.60. The van der Waals surface area contributed by atoms with Crippen molar-refractivity contribution < 1.29 is 0 Å². The van der Waals surface area contributed by atoms with E-state index in [1.54, 1.807) is 6.20 Å². The molecule has 0 bridgehead atoms. The van der Waals surface area contributed by atoms with Gasteiger partial charge in [0.05, 0.1) is 0 Å². The number of piperazine rings is 1. The molecule has 2 N–H and O–H groups in total. The summed E-state index contributed by atoms with van der Waals surface area (Å²) in [6, 6.07) is 10.5. The average Bonchev–Trinajstić information content (AvgIpc) is 2.56. The van der Waals surface area contributed by atoms with Crippen molar-refractivity contribution in [2.45, 2.75) is 6.54 Å². The molecule has 2 heterocycles. The number of hydrogen-bond acceptors (Lipinski definition) is 5. The smallest absolute Gasteiger partial charge is 0.221 e. The Morgan fingerprint density at radius 3 is 2.73 bits per heavy atom. The number of rotatable bonds is 4. The molecule has 3 rings (SSSR count). The standard InChI is InChI=1S/C17H21N5/c1-2-14-4-3-5-15(12-14)13-21-8-10-22(11-9-21)16-6-7-19-17(18)20-16/h2-7,12H,1,8-11,13H2,(H2,18,19,20). The predicted molar refractivity (Wildman–Crippen MR) is 90.5 cm³/mol. The minimum Gasteiger partial charge on any atom is -0.368 e. The lowest BCUT2D eigenvalue weighted by Crippen LogP contribution is -2.46. The summed E-state index contributed by atoms with van der Waals surface area (Å²) < 4.78 is 0. The van der Waals surface area contributed by atoms with Gasteiger partial charge >= 0.3 is 0 Å². The minimum atomic E-state index is 0.334. The van der Waals surface area contributed by atoms with Crippen LogP contribution in [0.25, 0.3) is 6.08 Å². The van der Waals surface area contributed by atoms with Crippen molar-refractivity contribution in [3.8, 4) is 0 Å². The normalized spacial score (nSPS) is 15.7. The molecule has 1 fully saturated rings. The van der Waals surface area contributed by atoms with Gasteiger partial charge in [0.1, 0.15) is 5.82 Å². The average molecular weight is 295 g/mol. The maximum Gasteiger partial charge on any atom is 0.221 e. The monoisotopic (exact) mass is 295 g/mol. The van der Waals surface area contributed by atoms with Crippen molar-refractivity contribution in [3.63, 3.8) is 0 Å². The summed E-state index contributed by atoms with van der Waals surface area (Å²) >= 11 is 0. The highest BCUT2D eigenvalue weighted by Gasteiger charge is 2.18. The lowest BCUT2D eigenvalue weighted by atomic mass is 10.1. The molecular formula is C17H21N5. The van der Waals surface area contributed by atoms with E-state index in [0.717, 1.165) is 38.5 Å². The van der Waals surface area contributed by atoms with Gasteiger partial charge in [0.25, 0.3) is 0 Å². The van der Waals surface area contributed by atoms with Gasteiger partial charge in [0.2, 0.25) is 5.95 Å². The highest BCUT2D eigenvalue weighted by molar-refractivity contribution is 5.48. The van der Waals surface area contributed by atoms with Crippen molar-refractivity contribution in [1.29, 1.82) is 0 Å². The van der Waals surface area contributed by atoms with Gasteiger partial charge in [-0.05, 0) is 17.2 Å². The highest BCUT2D eigenvalue weighted by atomic mass is 15.3. The second kappa shape index (κ2) is 6.58. The molecule has 5 heteroatoms. The Balaban J connectivity index is 1.58. The summed E-state index contributed by atoms with van der Waals surface area (Å²) in [6.45, 7) is 8.74. The van der Waals surface area contributed by atoms with E-state index >= 15 is 0 Å². The largest absolute Gasteiger partial charge is 0.368 e. The second-order valence-corrected chi connectivity index (χ2v) is 5.49. The van der Waals surface area contributed by atoms with Gasteiger partial charge in [-0.15, -0.1) is 0 Å². The Morgan fingerprint density at radius 2 is 2.00 bits per heavy atom. The van der Waals surface area contributed by atoms with Gasteiger partial charge in [0.15, 0.2) is 0 Å². The number of anilines is 2. The van der Waals surface area contributed by atoms with E-state index in [0.29, 0.717) is 5.95 Å². The van der Waals surface area contributed by atoms with Crippen LogP contribution in [0.2, 0.25) is 0 Å². The molecule has 22 heavy (non-hydrogen) atoms. The molecule has 1 aliphatic rings. The molecule has 0 atom stereocenters. The van der Waals surface area contributed by atoms with Crippen LogP contribution in [0.4, 0.5) is 11.8 Å². The molecular weight excluding hydrogens is 274 g/mol. The number of benzene rings is 1. The number of nitrogen functional groups attached to an aromatic ring is 1. The third-order valence-electron chi connectivity index (χ3n) is 3.95.